The van der Waals surface area contributed by atoms with Gasteiger partial charge < -0.3 is 25.2 Å². The fraction of sp³-hybridized carbons (Fsp3) is 0.933. The average molecular weight is 300 g/mol. The molecule has 0 aromatic carbocycles. The molecule has 1 amide bonds. The summed E-state index contributed by atoms with van der Waals surface area (Å²) in [6.45, 7) is 7.75. The molecule has 0 aliphatic carbocycles. The van der Waals surface area contributed by atoms with Gasteiger partial charge in [-0.2, -0.15) is 0 Å². The third-order valence-corrected chi connectivity index (χ3v) is 4.73. The van der Waals surface area contributed by atoms with E-state index in [1.807, 2.05) is 20.8 Å². The molecular weight excluding hydrogens is 272 g/mol. The smallest absolute Gasteiger partial charge is 0.410 e. The number of rotatable bonds is 2. The van der Waals surface area contributed by atoms with Gasteiger partial charge in [-0.15, -0.1) is 0 Å². The molecule has 2 saturated heterocycles. The zero-order valence-corrected chi connectivity index (χ0v) is 13.3. The summed E-state index contributed by atoms with van der Waals surface area (Å²) in [4.78, 5) is 13.8. The van der Waals surface area contributed by atoms with E-state index in [1.54, 1.807) is 4.90 Å². The van der Waals surface area contributed by atoms with Crippen LogP contribution < -0.4 is 5.32 Å². The van der Waals surface area contributed by atoms with E-state index in [9.17, 15) is 15.0 Å². The Morgan fingerprint density at radius 3 is 2.43 bits per heavy atom. The van der Waals surface area contributed by atoms with Crippen LogP contribution >= 0.6 is 0 Å². The molecule has 0 aromatic rings. The van der Waals surface area contributed by atoms with Crippen LogP contribution in [0.3, 0.4) is 0 Å². The number of ether oxygens (including phenoxy) is 1. The first-order chi connectivity index (χ1) is 9.71. The van der Waals surface area contributed by atoms with Gasteiger partial charge in [-0.1, -0.05) is 0 Å². The number of hydrogen-bond donors (Lipinski definition) is 3. The van der Waals surface area contributed by atoms with E-state index < -0.39 is 16.6 Å². The summed E-state index contributed by atoms with van der Waals surface area (Å²) in [7, 11) is 0. The quantitative estimate of drug-likeness (QED) is 0.700. The third kappa shape index (κ3) is 3.33. The number of carbonyl (C=O) groups excluding carboxylic acids is 1. The molecule has 122 valence electrons. The van der Waals surface area contributed by atoms with Crippen LogP contribution in [0.5, 0.6) is 0 Å². The molecule has 2 rings (SSSR count). The minimum Gasteiger partial charge on any atom is -0.444 e. The van der Waals surface area contributed by atoms with Crippen molar-refractivity contribution in [3.63, 3.8) is 0 Å². The lowest BCUT2D eigenvalue weighted by atomic mass is 9.67. The number of aliphatic hydroxyl groups excluding tert-OH is 1. The summed E-state index contributed by atoms with van der Waals surface area (Å²) >= 11 is 0. The number of aliphatic hydroxyl groups is 2. The van der Waals surface area contributed by atoms with Gasteiger partial charge in [0.2, 0.25) is 0 Å². The number of nitrogens with one attached hydrogen (secondary N) is 1. The van der Waals surface area contributed by atoms with Crippen molar-refractivity contribution in [1.82, 2.24) is 10.2 Å². The largest absolute Gasteiger partial charge is 0.444 e. The van der Waals surface area contributed by atoms with E-state index in [0.717, 1.165) is 13.1 Å². The second kappa shape index (κ2) is 5.74. The van der Waals surface area contributed by atoms with E-state index in [2.05, 4.69) is 5.32 Å². The highest BCUT2D eigenvalue weighted by Crippen LogP contribution is 2.45. The molecule has 0 spiro atoms. The zero-order chi connectivity index (χ0) is 15.7. The fourth-order valence-electron chi connectivity index (χ4n) is 3.38. The molecule has 1 unspecified atom stereocenters. The van der Waals surface area contributed by atoms with Crippen LogP contribution in [0.2, 0.25) is 0 Å². The predicted molar refractivity (Wildman–Crippen MR) is 79.0 cm³/mol. The standard InChI is InChI=1S/C15H28N2O4/c1-13(2,3)21-12(19)17-9-6-14(10-17,11-18)15(20)4-7-16-8-5-15/h16,18,20H,4-11H2,1-3H3. The number of piperidine rings is 1. The van der Waals surface area contributed by atoms with Crippen molar-refractivity contribution in [3.8, 4) is 0 Å². The maximum Gasteiger partial charge on any atom is 0.410 e. The van der Waals surface area contributed by atoms with Gasteiger partial charge in [0.05, 0.1) is 12.2 Å². The highest BCUT2D eigenvalue weighted by atomic mass is 16.6. The highest BCUT2D eigenvalue weighted by molar-refractivity contribution is 5.68. The highest BCUT2D eigenvalue weighted by Gasteiger charge is 2.54. The Morgan fingerprint density at radius 2 is 1.90 bits per heavy atom. The fourth-order valence-corrected chi connectivity index (χ4v) is 3.38. The summed E-state index contributed by atoms with van der Waals surface area (Å²) in [6, 6.07) is 0. The molecule has 2 heterocycles. The Bertz CT molecular complexity index is 388. The van der Waals surface area contributed by atoms with Gasteiger partial charge in [-0.25, -0.2) is 4.79 Å². The molecule has 0 saturated carbocycles. The van der Waals surface area contributed by atoms with Crippen LogP contribution in [0.4, 0.5) is 4.79 Å². The van der Waals surface area contributed by atoms with Gasteiger partial charge in [0.1, 0.15) is 5.60 Å². The minimum absolute atomic E-state index is 0.108. The van der Waals surface area contributed by atoms with Crippen molar-refractivity contribution in [2.45, 2.75) is 51.2 Å². The summed E-state index contributed by atoms with van der Waals surface area (Å²) < 4.78 is 5.39. The Hall–Kier alpha value is -0.850. The van der Waals surface area contributed by atoms with Crippen LogP contribution in [-0.4, -0.2) is 65.2 Å². The Labute approximate surface area is 126 Å². The van der Waals surface area contributed by atoms with Crippen LogP contribution in [0.1, 0.15) is 40.0 Å². The van der Waals surface area contributed by atoms with Gasteiger partial charge in [-0.3, -0.25) is 0 Å². The van der Waals surface area contributed by atoms with Crippen LogP contribution in [0.15, 0.2) is 0 Å². The lowest BCUT2D eigenvalue weighted by molar-refractivity contribution is -0.120. The first-order valence-electron chi connectivity index (χ1n) is 7.73. The Morgan fingerprint density at radius 1 is 1.29 bits per heavy atom. The summed E-state index contributed by atoms with van der Waals surface area (Å²) in [5.74, 6) is 0. The van der Waals surface area contributed by atoms with Crippen LogP contribution in [-0.2, 0) is 4.74 Å². The number of likely N-dealkylation sites (tertiary alicyclic amines) is 1. The minimum atomic E-state index is -0.913. The molecule has 6 nitrogen and oxygen atoms in total. The molecule has 2 aliphatic rings. The van der Waals surface area contributed by atoms with Crippen LogP contribution in [0.25, 0.3) is 0 Å². The molecule has 0 bridgehead atoms. The van der Waals surface area contributed by atoms with E-state index in [1.165, 1.54) is 0 Å². The molecule has 21 heavy (non-hydrogen) atoms. The van der Waals surface area contributed by atoms with Gasteiger partial charge >= 0.3 is 6.09 Å². The van der Waals surface area contributed by atoms with E-state index in [-0.39, 0.29) is 12.7 Å². The number of amides is 1. The van der Waals surface area contributed by atoms with E-state index >= 15 is 0 Å². The maximum absolute atomic E-state index is 12.2. The van der Waals surface area contributed by atoms with Crippen molar-refractivity contribution >= 4 is 6.09 Å². The lowest BCUT2D eigenvalue weighted by Gasteiger charge is -2.46. The SMILES string of the molecule is CC(C)(C)OC(=O)N1CCC(CO)(C2(O)CCNCC2)C1. The number of carbonyl (C=O) groups is 1. The molecule has 0 aromatic heterocycles. The maximum atomic E-state index is 12.2. The molecule has 0 radical (unpaired) electrons. The zero-order valence-electron chi connectivity index (χ0n) is 13.3. The lowest BCUT2D eigenvalue weighted by Crippen LogP contribution is -2.57. The second-order valence-electron chi connectivity index (χ2n) is 7.37. The third-order valence-electron chi connectivity index (χ3n) is 4.73. The van der Waals surface area contributed by atoms with Gasteiger partial charge in [-0.05, 0) is 53.1 Å². The van der Waals surface area contributed by atoms with Crippen molar-refractivity contribution in [2.24, 2.45) is 5.41 Å². The summed E-state index contributed by atoms with van der Waals surface area (Å²) in [5.41, 5.74) is -2.08. The first-order valence-corrected chi connectivity index (χ1v) is 7.73. The predicted octanol–water partition coefficient (Wildman–Crippen LogP) is 0.720. The van der Waals surface area contributed by atoms with Gasteiger partial charge in [0.25, 0.3) is 0 Å². The van der Waals surface area contributed by atoms with Crippen molar-refractivity contribution in [1.29, 1.82) is 0 Å². The topological polar surface area (TPSA) is 82.0 Å². The van der Waals surface area contributed by atoms with Gasteiger partial charge in [0, 0.05) is 18.5 Å². The van der Waals surface area contributed by atoms with E-state index in [4.69, 9.17) is 4.74 Å². The first kappa shape index (κ1) is 16.5. The molecule has 6 heteroatoms. The summed E-state index contributed by atoms with van der Waals surface area (Å²) in [5, 5.41) is 24.1. The normalized spacial score (nSPS) is 29.5. The molecular formula is C15H28N2O4. The van der Waals surface area contributed by atoms with Crippen molar-refractivity contribution < 1.29 is 19.7 Å². The molecule has 3 N–H and O–H groups in total. The number of hydrogen-bond acceptors (Lipinski definition) is 5. The van der Waals surface area contributed by atoms with Crippen molar-refractivity contribution in [3.05, 3.63) is 0 Å². The molecule has 2 fully saturated rings. The van der Waals surface area contributed by atoms with Gasteiger partial charge in [0.15, 0.2) is 0 Å². The monoisotopic (exact) mass is 300 g/mol. The second-order valence-corrected chi connectivity index (χ2v) is 7.37. The Balaban J connectivity index is 2.08. The van der Waals surface area contributed by atoms with Crippen LogP contribution in [0, 0.1) is 5.41 Å². The average Bonchev–Trinajstić information content (AvgIpc) is 2.84. The van der Waals surface area contributed by atoms with E-state index in [0.29, 0.717) is 32.4 Å². The van der Waals surface area contributed by atoms with Crippen molar-refractivity contribution in [2.75, 3.05) is 32.8 Å². The Kier molecular flexibility index (Phi) is 4.52. The molecule has 1 atom stereocenters. The number of nitrogens with zero attached hydrogens (tertiary/aromatic N) is 1. The summed E-state index contributed by atoms with van der Waals surface area (Å²) in [6.07, 6.45) is 1.46. The molecule has 2 aliphatic heterocycles.